The van der Waals surface area contributed by atoms with Crippen LogP contribution in [0.4, 0.5) is 4.79 Å². The van der Waals surface area contributed by atoms with Crippen molar-refractivity contribution in [1.29, 1.82) is 0 Å². The predicted molar refractivity (Wildman–Crippen MR) is 139 cm³/mol. The Morgan fingerprint density at radius 2 is 1.61 bits per heavy atom. The lowest BCUT2D eigenvalue weighted by molar-refractivity contribution is -0.119. The number of ether oxygens (including phenoxy) is 4. The van der Waals surface area contributed by atoms with Gasteiger partial charge in [-0.05, 0) is 83.9 Å². The van der Waals surface area contributed by atoms with Crippen molar-refractivity contribution in [3.05, 3.63) is 77.9 Å². The average Bonchev–Trinajstić information content (AvgIpc) is 3.23. The van der Waals surface area contributed by atoms with Gasteiger partial charge in [0, 0.05) is 6.42 Å². The van der Waals surface area contributed by atoms with E-state index in [9.17, 15) is 9.59 Å². The third-order valence-electron chi connectivity index (χ3n) is 5.51. The first kappa shape index (κ1) is 25.4. The fraction of sp³-hybridized carbons (Fsp3) is 0.286. The average molecular weight is 508 g/mol. The van der Waals surface area contributed by atoms with Crippen molar-refractivity contribution in [3.8, 4) is 28.7 Å². The topological polar surface area (TPSA) is 83.1 Å². The van der Waals surface area contributed by atoms with E-state index in [-0.39, 0.29) is 11.1 Å². The minimum Gasteiger partial charge on any atom is -0.497 e. The van der Waals surface area contributed by atoms with Gasteiger partial charge in [0.1, 0.15) is 34.0 Å². The number of amides is 2. The summed E-state index contributed by atoms with van der Waals surface area (Å²) in [6, 6.07) is 20.6. The summed E-state index contributed by atoms with van der Waals surface area (Å²) in [6.45, 7) is 3.10. The van der Waals surface area contributed by atoms with Crippen LogP contribution in [-0.2, 0) is 11.2 Å². The van der Waals surface area contributed by atoms with Crippen LogP contribution in [0.15, 0.2) is 66.7 Å². The first-order valence-electron chi connectivity index (χ1n) is 11.9. The minimum absolute atomic E-state index is 0.293. The van der Waals surface area contributed by atoms with E-state index >= 15 is 0 Å². The molecule has 1 heterocycles. The van der Waals surface area contributed by atoms with Crippen molar-refractivity contribution in [2.45, 2.75) is 31.4 Å². The largest absolute Gasteiger partial charge is 0.497 e. The number of hydrogen-bond donors (Lipinski definition) is 1. The van der Waals surface area contributed by atoms with Crippen molar-refractivity contribution >= 4 is 22.9 Å². The number of carbonyl (C=O) groups excluding carboxylic acids is 2. The monoisotopic (exact) mass is 507 g/mol. The van der Waals surface area contributed by atoms with E-state index < -0.39 is 5.25 Å². The van der Waals surface area contributed by atoms with Gasteiger partial charge in [0.05, 0.1) is 20.3 Å². The zero-order valence-corrected chi connectivity index (χ0v) is 21.1. The van der Waals surface area contributed by atoms with Crippen LogP contribution in [0.2, 0.25) is 0 Å². The molecular formula is C28H29NO6S. The SMILES string of the molecule is CCCc1cc(Oc2ccc(OC)cc2)ccc1OCCCOc1cccc(C2SC(=O)NC2=O)c1. The normalized spacial score (nSPS) is 14.9. The molecule has 0 aliphatic carbocycles. The first-order valence-corrected chi connectivity index (χ1v) is 12.8. The maximum atomic E-state index is 11.9. The first-order chi connectivity index (χ1) is 17.6. The Kier molecular flexibility index (Phi) is 8.73. The number of nitrogens with one attached hydrogen (secondary N) is 1. The van der Waals surface area contributed by atoms with Crippen LogP contribution in [-0.4, -0.2) is 31.5 Å². The van der Waals surface area contributed by atoms with Crippen molar-refractivity contribution in [2.24, 2.45) is 0 Å². The minimum atomic E-state index is -0.530. The van der Waals surface area contributed by atoms with Gasteiger partial charge in [0.2, 0.25) is 5.91 Å². The molecule has 1 aliphatic rings. The molecule has 0 spiro atoms. The Morgan fingerprint density at radius 3 is 2.33 bits per heavy atom. The lowest BCUT2D eigenvalue weighted by atomic mass is 10.1. The summed E-state index contributed by atoms with van der Waals surface area (Å²) in [5.74, 6) is 3.49. The Labute approximate surface area is 215 Å². The van der Waals surface area contributed by atoms with Gasteiger partial charge in [-0.3, -0.25) is 14.9 Å². The van der Waals surface area contributed by atoms with Gasteiger partial charge in [-0.15, -0.1) is 0 Å². The van der Waals surface area contributed by atoms with Crippen LogP contribution >= 0.6 is 11.8 Å². The summed E-state index contributed by atoms with van der Waals surface area (Å²) in [5.41, 5.74) is 1.84. The molecule has 0 aromatic heterocycles. The summed E-state index contributed by atoms with van der Waals surface area (Å²) >= 11 is 0.984. The van der Waals surface area contributed by atoms with E-state index in [4.69, 9.17) is 18.9 Å². The molecule has 1 N–H and O–H groups in total. The molecule has 0 saturated carbocycles. The maximum absolute atomic E-state index is 11.9. The summed E-state index contributed by atoms with van der Waals surface area (Å²) in [6.07, 6.45) is 2.56. The molecule has 7 nitrogen and oxygen atoms in total. The molecule has 0 radical (unpaired) electrons. The van der Waals surface area contributed by atoms with Gasteiger partial charge in [-0.1, -0.05) is 25.5 Å². The fourth-order valence-corrected chi connectivity index (χ4v) is 4.60. The number of rotatable bonds is 12. The maximum Gasteiger partial charge on any atom is 0.286 e. The quantitative estimate of drug-likeness (QED) is 0.288. The highest BCUT2D eigenvalue weighted by atomic mass is 32.2. The zero-order chi connectivity index (χ0) is 25.3. The zero-order valence-electron chi connectivity index (χ0n) is 20.3. The van der Waals surface area contributed by atoms with Crippen LogP contribution in [0, 0.1) is 0 Å². The Morgan fingerprint density at radius 1 is 0.861 bits per heavy atom. The van der Waals surface area contributed by atoms with Gasteiger partial charge in [-0.2, -0.15) is 0 Å². The van der Waals surface area contributed by atoms with Crippen LogP contribution < -0.4 is 24.3 Å². The van der Waals surface area contributed by atoms with Gasteiger partial charge < -0.3 is 18.9 Å². The Balaban J connectivity index is 1.28. The second-order valence-corrected chi connectivity index (χ2v) is 9.27. The number of thioether (sulfide) groups is 1. The molecule has 1 saturated heterocycles. The van der Waals surface area contributed by atoms with Crippen molar-refractivity contribution < 1.29 is 28.5 Å². The second-order valence-electron chi connectivity index (χ2n) is 8.19. The molecule has 1 fully saturated rings. The molecule has 1 unspecified atom stereocenters. The second kappa shape index (κ2) is 12.4. The number of carbonyl (C=O) groups is 2. The summed E-state index contributed by atoms with van der Waals surface area (Å²) in [5, 5.41) is 1.46. The number of hydrogen-bond acceptors (Lipinski definition) is 7. The lowest BCUT2D eigenvalue weighted by Crippen LogP contribution is -2.20. The Bertz CT molecular complexity index is 1200. The standard InChI is InChI=1S/C28H29NO6S/c1-3-6-19-17-24(35-22-11-9-21(32-2)10-12-22)13-14-25(19)34-16-5-15-33-23-8-4-7-20(18-23)26-27(30)29-28(31)36-26/h4,7-14,17-18,26H,3,5-6,15-16H2,1-2H3,(H,29,30,31). The van der Waals surface area contributed by atoms with E-state index in [0.29, 0.717) is 25.4 Å². The molecule has 1 atom stereocenters. The van der Waals surface area contributed by atoms with Crippen molar-refractivity contribution in [3.63, 3.8) is 0 Å². The third-order valence-corrected chi connectivity index (χ3v) is 6.55. The highest BCUT2D eigenvalue weighted by molar-refractivity contribution is 8.15. The molecule has 4 rings (SSSR count). The van der Waals surface area contributed by atoms with Crippen LogP contribution in [0.25, 0.3) is 0 Å². The molecular weight excluding hydrogens is 478 g/mol. The Hall–Kier alpha value is -3.65. The third kappa shape index (κ3) is 6.73. The van der Waals surface area contributed by atoms with E-state index in [1.54, 1.807) is 13.2 Å². The van der Waals surface area contributed by atoms with Crippen LogP contribution in [0.5, 0.6) is 28.7 Å². The lowest BCUT2D eigenvalue weighted by Gasteiger charge is -2.14. The van der Waals surface area contributed by atoms with Gasteiger partial charge in [0.15, 0.2) is 0 Å². The van der Waals surface area contributed by atoms with E-state index in [2.05, 4.69) is 12.2 Å². The molecule has 2 amide bonds. The van der Waals surface area contributed by atoms with E-state index in [0.717, 1.165) is 58.7 Å². The van der Waals surface area contributed by atoms with Gasteiger partial charge >= 0.3 is 0 Å². The van der Waals surface area contributed by atoms with Crippen molar-refractivity contribution in [1.82, 2.24) is 5.32 Å². The molecule has 3 aromatic carbocycles. The number of benzene rings is 3. The van der Waals surface area contributed by atoms with E-state index in [1.807, 2.05) is 60.7 Å². The molecule has 8 heteroatoms. The highest BCUT2D eigenvalue weighted by Crippen LogP contribution is 2.35. The number of methoxy groups -OCH3 is 1. The fourth-order valence-electron chi connectivity index (χ4n) is 3.78. The summed E-state index contributed by atoms with van der Waals surface area (Å²) in [7, 11) is 1.64. The molecule has 1 aliphatic heterocycles. The summed E-state index contributed by atoms with van der Waals surface area (Å²) < 4.78 is 23.1. The molecule has 36 heavy (non-hydrogen) atoms. The van der Waals surface area contributed by atoms with Crippen LogP contribution in [0.3, 0.4) is 0 Å². The number of aryl methyl sites for hydroxylation is 1. The number of imide groups is 1. The highest BCUT2D eigenvalue weighted by Gasteiger charge is 2.33. The van der Waals surface area contributed by atoms with Gasteiger partial charge in [0.25, 0.3) is 5.24 Å². The smallest absolute Gasteiger partial charge is 0.286 e. The predicted octanol–water partition coefficient (Wildman–Crippen LogP) is 6.31. The molecule has 3 aromatic rings. The van der Waals surface area contributed by atoms with Crippen molar-refractivity contribution in [2.75, 3.05) is 20.3 Å². The van der Waals surface area contributed by atoms with E-state index in [1.165, 1.54) is 0 Å². The van der Waals surface area contributed by atoms with Crippen LogP contribution in [0.1, 0.15) is 36.1 Å². The van der Waals surface area contributed by atoms with Gasteiger partial charge in [-0.25, -0.2) is 0 Å². The molecule has 0 bridgehead atoms. The summed E-state index contributed by atoms with van der Waals surface area (Å²) in [4.78, 5) is 23.4. The molecule has 188 valence electrons.